The van der Waals surface area contributed by atoms with Gasteiger partial charge in [0.25, 0.3) is 17.5 Å². The van der Waals surface area contributed by atoms with Crippen LogP contribution in [0.25, 0.3) is 5.76 Å². The SMILES string of the molecule is CO[C@H]1C=CO[C@]2(C)Oc3c(C)c(O)c4c(c3C2=O)C(=O)C(=O)C(=C4O)NC(=O)C(C)=CC=C[C@H](CO)[C@H](O)[C@@H](C)[C@@H](O)[C@@H](C)[C@@H](OC(C)=O)[C@@H]1C. The summed E-state index contributed by atoms with van der Waals surface area (Å²) in [7, 11) is 1.37. The minimum absolute atomic E-state index is 0.0326. The number of amides is 1. The highest BCUT2D eigenvalue weighted by atomic mass is 16.7. The molecular weight excluding hydrogens is 682 g/mol. The first-order valence-electron chi connectivity index (χ1n) is 16.7. The lowest BCUT2D eigenvalue weighted by atomic mass is 9.78. The van der Waals surface area contributed by atoms with Crippen LogP contribution in [-0.2, 0) is 28.6 Å². The number of carbonyl (C=O) groups is 5. The van der Waals surface area contributed by atoms with E-state index in [1.165, 1.54) is 59.1 Å². The van der Waals surface area contributed by atoms with Crippen molar-refractivity contribution in [2.45, 2.75) is 78.7 Å². The smallest absolute Gasteiger partial charge is 0.312 e. The van der Waals surface area contributed by atoms with E-state index in [0.29, 0.717) is 0 Å². The zero-order valence-corrected chi connectivity index (χ0v) is 30.1. The molecule has 3 heterocycles. The quantitative estimate of drug-likeness (QED) is 0.194. The number of hydrogen-bond acceptors (Lipinski definition) is 14. The first kappa shape index (κ1) is 39.9. The number of hydrogen-bond donors (Lipinski definition) is 6. The van der Waals surface area contributed by atoms with Gasteiger partial charge in [-0.1, -0.05) is 39.0 Å². The van der Waals surface area contributed by atoms with Crippen molar-refractivity contribution < 1.29 is 68.5 Å². The number of esters is 1. The number of benzene rings is 1. The molecule has 0 fully saturated rings. The van der Waals surface area contributed by atoms with E-state index >= 15 is 0 Å². The Bertz CT molecular complexity index is 1790. The van der Waals surface area contributed by atoms with E-state index < -0.39 is 124 Å². The predicted molar refractivity (Wildman–Crippen MR) is 183 cm³/mol. The third-order valence-electron chi connectivity index (χ3n) is 9.99. The number of allylic oxidation sites excluding steroid dienone is 3. The van der Waals surface area contributed by atoms with Gasteiger partial charge in [-0.25, -0.2) is 0 Å². The molecule has 1 aliphatic carbocycles. The van der Waals surface area contributed by atoms with E-state index in [1.54, 1.807) is 20.8 Å². The van der Waals surface area contributed by atoms with Crippen molar-refractivity contribution in [1.29, 1.82) is 0 Å². The Kier molecular flexibility index (Phi) is 11.8. The molecular formula is C37H45NO14. The van der Waals surface area contributed by atoms with Gasteiger partial charge in [-0.05, 0) is 19.9 Å². The maximum Gasteiger partial charge on any atom is 0.312 e. The normalized spacial score (nSPS) is 31.6. The summed E-state index contributed by atoms with van der Waals surface area (Å²) < 4.78 is 22.9. The molecule has 0 saturated heterocycles. The first-order valence-corrected chi connectivity index (χ1v) is 16.7. The van der Waals surface area contributed by atoms with Crippen molar-refractivity contribution in [3.63, 3.8) is 0 Å². The number of phenols is 1. The summed E-state index contributed by atoms with van der Waals surface area (Å²) in [5.41, 5.74) is -2.54. The zero-order valence-electron chi connectivity index (χ0n) is 30.1. The minimum Gasteiger partial charge on any atom is -0.507 e. The fourth-order valence-electron chi connectivity index (χ4n) is 6.73. The molecule has 52 heavy (non-hydrogen) atoms. The van der Waals surface area contributed by atoms with Crippen LogP contribution in [0.15, 0.2) is 41.8 Å². The van der Waals surface area contributed by atoms with E-state index in [4.69, 9.17) is 18.9 Å². The number of ketones is 3. The summed E-state index contributed by atoms with van der Waals surface area (Å²) in [6.45, 7) is 9.49. The Morgan fingerprint density at radius 1 is 0.942 bits per heavy atom. The lowest BCUT2D eigenvalue weighted by Gasteiger charge is -2.38. The monoisotopic (exact) mass is 727 g/mol. The van der Waals surface area contributed by atoms with Crippen LogP contribution in [0, 0.1) is 30.6 Å². The van der Waals surface area contributed by atoms with Crippen LogP contribution in [0.2, 0.25) is 0 Å². The van der Waals surface area contributed by atoms with Crippen molar-refractivity contribution in [3.05, 3.63) is 64.1 Å². The first-order chi connectivity index (χ1) is 24.3. The number of methoxy groups -OCH3 is 1. The van der Waals surface area contributed by atoms with Gasteiger partial charge in [0.1, 0.15) is 23.3 Å². The second-order valence-electron chi connectivity index (χ2n) is 13.5. The maximum absolute atomic E-state index is 13.9. The molecule has 3 aliphatic heterocycles. The second-order valence-corrected chi connectivity index (χ2v) is 13.5. The van der Waals surface area contributed by atoms with Crippen LogP contribution in [0.3, 0.4) is 0 Å². The fourth-order valence-corrected chi connectivity index (χ4v) is 6.73. The number of carbonyl (C=O) groups excluding carboxylic acids is 5. The standard InChI is InChI=1S/C37H45NO14/c1-15-10-9-11-21(14-39)28(42)17(3)27(41)18(4)33(51-20(6)40)16(2)22(49-8)12-13-50-37(7)35(47)25-23-24(29(43)19(5)34(25)52-37)30(44)26(38-36(15)48)32(46)31(23)45/h9-13,16-18,21-22,27-28,33,39,41-44H,14H2,1-8H3,(H,38,48)/t16-,17+,18-,21-,22+,27-,28-,33+,37-/m1/s1. The highest BCUT2D eigenvalue weighted by Crippen LogP contribution is 2.49. The predicted octanol–water partition coefficient (Wildman–Crippen LogP) is 2.33. The molecule has 9 atom stereocenters. The Balaban J connectivity index is 1.89. The Morgan fingerprint density at radius 2 is 1.60 bits per heavy atom. The summed E-state index contributed by atoms with van der Waals surface area (Å²) in [6, 6.07) is 0. The molecule has 4 aliphatic rings. The zero-order chi connectivity index (χ0) is 39.0. The third-order valence-corrected chi connectivity index (χ3v) is 9.99. The fraction of sp³-hybridized carbons (Fsp3) is 0.486. The van der Waals surface area contributed by atoms with Crippen LogP contribution < -0.4 is 10.1 Å². The molecule has 1 amide bonds. The van der Waals surface area contributed by atoms with Gasteiger partial charge in [0.15, 0.2) is 5.76 Å². The molecule has 5 rings (SSSR count). The summed E-state index contributed by atoms with van der Waals surface area (Å²) >= 11 is 0. The highest BCUT2D eigenvalue weighted by Gasteiger charge is 2.53. The molecule has 1 aromatic rings. The van der Waals surface area contributed by atoms with Gasteiger partial charge in [0.05, 0.1) is 47.9 Å². The molecule has 5 bridgehead atoms. The van der Waals surface area contributed by atoms with Gasteiger partial charge in [-0.3, -0.25) is 24.0 Å². The van der Waals surface area contributed by atoms with Gasteiger partial charge in [0, 0.05) is 55.8 Å². The Hall–Kier alpha value is -4.83. The molecule has 15 heteroatoms. The van der Waals surface area contributed by atoms with Gasteiger partial charge < -0.3 is 49.8 Å². The molecule has 0 radical (unpaired) electrons. The molecule has 1 aromatic carbocycles. The molecule has 0 saturated carbocycles. The highest BCUT2D eigenvalue weighted by molar-refractivity contribution is 6.53. The lowest BCUT2D eigenvalue weighted by Crippen LogP contribution is -2.47. The van der Waals surface area contributed by atoms with Crippen molar-refractivity contribution >= 4 is 35.0 Å². The number of phenolic OH excluding ortho intramolecular Hbond substituents is 1. The molecule has 0 unspecified atom stereocenters. The summed E-state index contributed by atoms with van der Waals surface area (Å²) in [5, 5.41) is 57.2. The Labute approximate surface area is 300 Å². The Morgan fingerprint density at radius 3 is 2.19 bits per heavy atom. The average molecular weight is 728 g/mol. The number of aliphatic hydroxyl groups is 4. The van der Waals surface area contributed by atoms with E-state index in [2.05, 4.69) is 5.32 Å². The maximum atomic E-state index is 13.9. The largest absolute Gasteiger partial charge is 0.507 e. The van der Waals surface area contributed by atoms with Crippen LogP contribution in [0.5, 0.6) is 11.5 Å². The third kappa shape index (κ3) is 7.13. The van der Waals surface area contributed by atoms with Gasteiger partial charge in [-0.15, -0.1) is 0 Å². The second kappa shape index (κ2) is 15.4. The van der Waals surface area contributed by atoms with E-state index in [1.807, 2.05) is 0 Å². The van der Waals surface area contributed by atoms with Crippen LogP contribution >= 0.6 is 0 Å². The van der Waals surface area contributed by atoms with Gasteiger partial charge >= 0.3 is 11.8 Å². The molecule has 15 nitrogen and oxygen atoms in total. The van der Waals surface area contributed by atoms with Gasteiger partial charge in [0.2, 0.25) is 5.78 Å². The van der Waals surface area contributed by atoms with Gasteiger partial charge in [-0.2, -0.15) is 0 Å². The summed E-state index contributed by atoms with van der Waals surface area (Å²) in [6.07, 6.45) is 2.14. The molecule has 282 valence electrons. The van der Waals surface area contributed by atoms with Crippen molar-refractivity contribution in [3.8, 4) is 11.5 Å². The average Bonchev–Trinajstić information content (AvgIpc) is 3.37. The minimum atomic E-state index is -2.14. The lowest BCUT2D eigenvalue weighted by molar-refractivity contribution is -0.160. The topological polar surface area (TPSA) is 235 Å². The molecule has 0 spiro atoms. The van der Waals surface area contributed by atoms with Crippen LogP contribution in [0.1, 0.15) is 73.4 Å². The van der Waals surface area contributed by atoms with E-state index in [9.17, 15) is 49.5 Å². The number of fused-ring (bicyclic) bond motifs is 14. The van der Waals surface area contributed by atoms with Crippen LogP contribution in [-0.4, -0.2) is 98.7 Å². The van der Waals surface area contributed by atoms with Crippen molar-refractivity contribution in [2.75, 3.05) is 13.7 Å². The van der Waals surface area contributed by atoms with E-state index in [0.717, 1.165) is 6.26 Å². The number of rotatable bonds is 3. The number of ether oxygens (including phenoxy) is 4. The van der Waals surface area contributed by atoms with Crippen molar-refractivity contribution in [2.24, 2.45) is 23.7 Å². The molecule has 6 N–H and O–H groups in total. The molecule has 0 aromatic heterocycles. The summed E-state index contributed by atoms with van der Waals surface area (Å²) in [5.74, 6) is -12.4. The number of aromatic hydroxyl groups is 1. The summed E-state index contributed by atoms with van der Waals surface area (Å²) in [4.78, 5) is 66.1. The van der Waals surface area contributed by atoms with Crippen LogP contribution in [0.4, 0.5) is 0 Å². The number of aliphatic hydroxyl groups excluding tert-OH is 4. The van der Waals surface area contributed by atoms with Crippen molar-refractivity contribution in [1.82, 2.24) is 5.32 Å². The number of Topliss-reactive ketones (excluding diaryl/α,β-unsaturated/α-hetero) is 3. The number of nitrogens with one attached hydrogen (secondary N) is 1. The van der Waals surface area contributed by atoms with E-state index in [-0.39, 0.29) is 16.9 Å².